The summed E-state index contributed by atoms with van der Waals surface area (Å²) in [6.45, 7) is 4.12. The Morgan fingerprint density at radius 1 is 1.28 bits per heavy atom. The van der Waals surface area contributed by atoms with Gasteiger partial charge < -0.3 is 9.64 Å². The Labute approximate surface area is 184 Å². The number of benzene rings is 2. The van der Waals surface area contributed by atoms with E-state index in [0.29, 0.717) is 34.7 Å². The Hall–Kier alpha value is -3.94. The van der Waals surface area contributed by atoms with Crippen LogP contribution in [-0.4, -0.2) is 39.9 Å². The Morgan fingerprint density at radius 3 is 2.75 bits per heavy atom. The van der Waals surface area contributed by atoms with Gasteiger partial charge in [-0.05, 0) is 24.6 Å². The number of aromatic nitrogens is 3. The highest BCUT2D eigenvalue weighted by Gasteiger charge is 2.24. The molecule has 0 radical (unpaired) electrons. The number of nitrogens with one attached hydrogen (secondary N) is 1. The van der Waals surface area contributed by atoms with Crippen molar-refractivity contribution in [2.75, 3.05) is 13.7 Å². The molecule has 0 fully saturated rings. The highest BCUT2D eigenvalue weighted by molar-refractivity contribution is 5.96. The van der Waals surface area contributed by atoms with E-state index in [1.165, 1.54) is 23.2 Å². The second kappa shape index (κ2) is 8.66. The average molecular weight is 435 g/mol. The third-order valence-corrected chi connectivity index (χ3v) is 5.41. The smallest absolute Gasteiger partial charge is 0.257 e. The number of H-pyrrole nitrogens is 1. The summed E-state index contributed by atoms with van der Waals surface area (Å²) in [6, 6.07) is 12.1. The Morgan fingerprint density at radius 2 is 2.03 bits per heavy atom. The fourth-order valence-corrected chi connectivity index (χ4v) is 3.73. The van der Waals surface area contributed by atoms with Crippen molar-refractivity contribution >= 4 is 16.8 Å². The van der Waals surface area contributed by atoms with E-state index in [9.17, 15) is 10.0 Å². The predicted octanol–water partition coefficient (Wildman–Crippen LogP) is 3.87. The van der Waals surface area contributed by atoms with Crippen LogP contribution in [0.3, 0.4) is 0 Å². The van der Waals surface area contributed by atoms with Gasteiger partial charge in [-0.2, -0.15) is 5.10 Å². The van der Waals surface area contributed by atoms with E-state index in [1.807, 2.05) is 37.3 Å². The first-order valence-corrected chi connectivity index (χ1v) is 10.2. The molecule has 0 saturated carbocycles. The Balaban J connectivity index is 1.68. The van der Waals surface area contributed by atoms with Crippen molar-refractivity contribution in [1.29, 1.82) is 0 Å². The van der Waals surface area contributed by atoms with Gasteiger partial charge >= 0.3 is 0 Å². The van der Waals surface area contributed by atoms with Crippen molar-refractivity contribution in [3.63, 3.8) is 0 Å². The number of carbonyl (C=O) groups excluding carboxylic acids is 1. The molecule has 7 nitrogen and oxygen atoms in total. The predicted molar refractivity (Wildman–Crippen MR) is 117 cm³/mol. The number of fused-ring (bicyclic) bond motifs is 1. The van der Waals surface area contributed by atoms with Crippen molar-refractivity contribution in [3.05, 3.63) is 77.5 Å². The van der Waals surface area contributed by atoms with Crippen LogP contribution < -0.4 is 9.47 Å². The first-order chi connectivity index (χ1) is 15.4. The lowest BCUT2D eigenvalue weighted by atomic mass is 10.0. The van der Waals surface area contributed by atoms with Gasteiger partial charge in [-0.25, -0.2) is 4.39 Å². The topological polar surface area (TPSA) is 82.3 Å². The van der Waals surface area contributed by atoms with E-state index < -0.39 is 11.7 Å². The number of hydrogen-bond donors (Lipinski definition) is 2. The number of nitrogens with zero attached hydrogens (tertiary/aromatic N) is 3. The van der Waals surface area contributed by atoms with Crippen LogP contribution in [0.15, 0.2) is 54.9 Å². The van der Waals surface area contributed by atoms with Gasteiger partial charge in [-0.1, -0.05) is 30.3 Å². The van der Waals surface area contributed by atoms with Crippen LogP contribution in [0.5, 0.6) is 5.75 Å². The standard InChI is InChI=1S/C24H23FN4O3/c1-4-32-22-11-19(21(25)10-18(22)16-8-6-5-7-9-16)24(30)28(3)13-17-14-29(31)15(2)20-12-26-27-23(17)20/h5-12,14,31H,4,13H2,1-3H3/p+1. The largest absolute Gasteiger partial charge is 0.493 e. The average Bonchev–Trinajstić information content (AvgIpc) is 3.29. The van der Waals surface area contributed by atoms with Gasteiger partial charge in [0.05, 0.1) is 41.4 Å². The number of pyridine rings is 1. The SMILES string of the molecule is CCOc1cc(C(=O)N(C)Cc2c[n+](O)c(C)c3cn[nH]c23)c(F)cc1-c1ccccc1. The summed E-state index contributed by atoms with van der Waals surface area (Å²) in [5.41, 5.74) is 3.28. The molecule has 0 atom stereocenters. The molecule has 4 rings (SSSR count). The van der Waals surface area contributed by atoms with Crippen LogP contribution in [0.2, 0.25) is 0 Å². The molecule has 1 amide bonds. The summed E-state index contributed by atoms with van der Waals surface area (Å²) in [6.07, 6.45) is 3.12. The zero-order valence-corrected chi connectivity index (χ0v) is 18.1. The van der Waals surface area contributed by atoms with Crippen LogP contribution >= 0.6 is 0 Å². The van der Waals surface area contributed by atoms with E-state index in [0.717, 1.165) is 15.7 Å². The normalized spacial score (nSPS) is 11.0. The lowest BCUT2D eigenvalue weighted by molar-refractivity contribution is -0.908. The zero-order chi connectivity index (χ0) is 22.8. The number of aromatic amines is 1. The first kappa shape index (κ1) is 21.3. The second-order valence-electron chi connectivity index (χ2n) is 7.53. The highest BCUT2D eigenvalue weighted by Crippen LogP contribution is 2.33. The Bertz CT molecular complexity index is 1290. The quantitative estimate of drug-likeness (QED) is 0.356. The number of amides is 1. The minimum atomic E-state index is -0.628. The first-order valence-electron chi connectivity index (χ1n) is 10.2. The summed E-state index contributed by atoms with van der Waals surface area (Å²) in [5.74, 6) is -0.686. The van der Waals surface area contributed by atoms with E-state index in [-0.39, 0.29) is 12.1 Å². The summed E-state index contributed by atoms with van der Waals surface area (Å²) >= 11 is 0. The van der Waals surface area contributed by atoms with Gasteiger partial charge in [0.25, 0.3) is 5.91 Å². The molecular weight excluding hydrogens is 411 g/mol. The van der Waals surface area contributed by atoms with E-state index in [2.05, 4.69) is 10.2 Å². The zero-order valence-electron chi connectivity index (χ0n) is 18.1. The van der Waals surface area contributed by atoms with Gasteiger partial charge in [0.2, 0.25) is 11.9 Å². The molecule has 2 N–H and O–H groups in total. The van der Waals surface area contributed by atoms with Gasteiger partial charge in [0.1, 0.15) is 11.6 Å². The maximum Gasteiger partial charge on any atom is 0.257 e. The maximum atomic E-state index is 15.1. The minimum absolute atomic E-state index is 0.0829. The van der Waals surface area contributed by atoms with Crippen molar-refractivity contribution in [3.8, 4) is 16.9 Å². The molecule has 0 bridgehead atoms. The van der Waals surface area contributed by atoms with Crippen molar-refractivity contribution in [2.45, 2.75) is 20.4 Å². The van der Waals surface area contributed by atoms with Crippen molar-refractivity contribution < 1.29 is 23.9 Å². The lowest BCUT2D eigenvalue weighted by Gasteiger charge is -2.19. The fourth-order valence-electron chi connectivity index (χ4n) is 3.73. The summed E-state index contributed by atoms with van der Waals surface area (Å²) < 4.78 is 21.8. The molecular formula is C24H24FN4O3+. The van der Waals surface area contributed by atoms with Crippen LogP contribution in [0.1, 0.15) is 28.5 Å². The third kappa shape index (κ3) is 3.87. The van der Waals surface area contributed by atoms with Crippen molar-refractivity contribution in [2.24, 2.45) is 0 Å². The van der Waals surface area contributed by atoms with E-state index >= 15 is 4.39 Å². The van der Waals surface area contributed by atoms with Gasteiger partial charge in [0, 0.05) is 24.3 Å². The summed E-state index contributed by atoms with van der Waals surface area (Å²) in [5, 5.41) is 17.8. The van der Waals surface area contributed by atoms with E-state index in [1.54, 1.807) is 20.2 Å². The molecule has 164 valence electrons. The molecule has 8 heteroatoms. The number of rotatable bonds is 6. The Kier molecular flexibility index (Phi) is 5.77. The van der Waals surface area contributed by atoms with Crippen LogP contribution in [0.4, 0.5) is 4.39 Å². The van der Waals surface area contributed by atoms with Crippen molar-refractivity contribution in [1.82, 2.24) is 15.1 Å². The monoisotopic (exact) mass is 435 g/mol. The van der Waals surface area contributed by atoms with Gasteiger partial charge in [-0.3, -0.25) is 15.1 Å². The van der Waals surface area contributed by atoms with Crippen LogP contribution in [-0.2, 0) is 6.54 Å². The van der Waals surface area contributed by atoms with Crippen LogP contribution in [0, 0.1) is 12.7 Å². The van der Waals surface area contributed by atoms with Crippen LogP contribution in [0.25, 0.3) is 22.0 Å². The van der Waals surface area contributed by atoms with Gasteiger partial charge in [-0.15, -0.1) is 0 Å². The number of halogens is 1. The van der Waals surface area contributed by atoms with Gasteiger partial charge in [0.15, 0.2) is 0 Å². The molecule has 2 heterocycles. The molecule has 2 aromatic carbocycles. The maximum absolute atomic E-state index is 15.1. The molecule has 0 aliphatic rings. The molecule has 0 spiro atoms. The molecule has 2 aromatic heterocycles. The minimum Gasteiger partial charge on any atom is -0.493 e. The number of ether oxygens (including phenoxy) is 1. The molecule has 32 heavy (non-hydrogen) atoms. The third-order valence-electron chi connectivity index (χ3n) is 5.41. The number of hydrogen-bond acceptors (Lipinski definition) is 4. The molecule has 0 saturated heterocycles. The molecule has 0 unspecified atom stereocenters. The lowest BCUT2D eigenvalue weighted by Crippen LogP contribution is -2.35. The molecule has 4 aromatic rings. The molecule has 0 aliphatic carbocycles. The summed E-state index contributed by atoms with van der Waals surface area (Å²) in [7, 11) is 1.58. The number of carbonyl (C=O) groups is 1. The van der Waals surface area contributed by atoms with E-state index in [4.69, 9.17) is 4.74 Å². The molecule has 0 aliphatic heterocycles. The highest BCUT2D eigenvalue weighted by atomic mass is 19.1. The summed E-state index contributed by atoms with van der Waals surface area (Å²) in [4.78, 5) is 14.5. The number of aryl methyl sites for hydroxylation is 1. The fraction of sp³-hybridized carbons (Fsp3) is 0.208. The second-order valence-corrected chi connectivity index (χ2v) is 7.53.